The molecule has 0 aromatic carbocycles. The van der Waals surface area contributed by atoms with Gasteiger partial charge in [0.1, 0.15) is 5.82 Å². The topological polar surface area (TPSA) is 41.3 Å². The third-order valence-electron chi connectivity index (χ3n) is 4.50. The van der Waals surface area contributed by atoms with E-state index in [4.69, 9.17) is 0 Å². The number of hydrogen-bond acceptors (Lipinski definition) is 3. The lowest BCUT2D eigenvalue weighted by molar-refractivity contribution is -0.0458. The molecule has 0 amide bonds. The summed E-state index contributed by atoms with van der Waals surface area (Å²) in [7, 11) is 0. The molecule has 4 heteroatoms. The Balaban J connectivity index is 1.79. The molecule has 1 aromatic rings. The van der Waals surface area contributed by atoms with Crippen LogP contribution in [0.3, 0.4) is 0 Å². The predicted molar refractivity (Wildman–Crippen MR) is 65.7 cm³/mol. The number of aliphatic hydroxyl groups is 1. The maximum Gasteiger partial charge on any atom is 0.111 e. The van der Waals surface area contributed by atoms with Crippen LogP contribution in [0, 0.1) is 5.92 Å². The number of piperidine rings is 1. The second-order valence-electron chi connectivity index (χ2n) is 5.45. The summed E-state index contributed by atoms with van der Waals surface area (Å²) in [5, 5.41) is 10.9. The van der Waals surface area contributed by atoms with Crippen LogP contribution < -0.4 is 0 Å². The van der Waals surface area contributed by atoms with Crippen molar-refractivity contribution in [2.24, 2.45) is 5.92 Å². The third kappa shape index (κ3) is 1.89. The van der Waals surface area contributed by atoms with Gasteiger partial charge in [-0.25, -0.2) is 4.98 Å². The van der Waals surface area contributed by atoms with Gasteiger partial charge in [0.2, 0.25) is 0 Å². The number of nitrogens with zero attached hydrogens (tertiary/aromatic N) is 3. The Labute approximate surface area is 102 Å². The number of fused-ring (bicyclic) bond motifs is 2. The number of rotatable bonds is 3. The number of hydrogen-bond donors (Lipinski definition) is 1. The van der Waals surface area contributed by atoms with E-state index in [1.165, 1.54) is 0 Å². The highest BCUT2D eigenvalue weighted by Gasteiger charge is 2.45. The number of aromatic nitrogens is 2. The van der Waals surface area contributed by atoms with E-state index < -0.39 is 5.60 Å². The van der Waals surface area contributed by atoms with Gasteiger partial charge in [-0.05, 0) is 26.3 Å². The Hall–Kier alpha value is -0.870. The van der Waals surface area contributed by atoms with Crippen molar-refractivity contribution in [1.29, 1.82) is 0 Å². The van der Waals surface area contributed by atoms with Gasteiger partial charge < -0.3 is 14.6 Å². The quantitative estimate of drug-likeness (QED) is 0.846. The third-order valence-corrected chi connectivity index (χ3v) is 4.50. The van der Waals surface area contributed by atoms with Crippen molar-refractivity contribution in [2.75, 3.05) is 19.6 Å². The molecule has 2 fully saturated rings. The summed E-state index contributed by atoms with van der Waals surface area (Å²) in [4.78, 5) is 6.86. The first kappa shape index (κ1) is 11.2. The number of imidazole rings is 1. The summed E-state index contributed by atoms with van der Waals surface area (Å²) in [6, 6.07) is 0. The molecule has 3 atom stereocenters. The van der Waals surface area contributed by atoms with E-state index in [-0.39, 0.29) is 0 Å². The van der Waals surface area contributed by atoms with Crippen LogP contribution in [0.1, 0.15) is 25.6 Å². The largest absolute Gasteiger partial charge is 0.389 e. The zero-order valence-corrected chi connectivity index (χ0v) is 10.5. The molecule has 2 aliphatic heterocycles. The molecule has 17 heavy (non-hydrogen) atoms. The smallest absolute Gasteiger partial charge is 0.111 e. The highest BCUT2D eigenvalue weighted by molar-refractivity contribution is 5.05. The zero-order valence-electron chi connectivity index (χ0n) is 10.5. The molecule has 0 aliphatic carbocycles. The van der Waals surface area contributed by atoms with E-state index in [2.05, 4.69) is 21.4 Å². The minimum absolute atomic E-state index is 0.443. The average molecular weight is 235 g/mol. The molecule has 3 heterocycles. The van der Waals surface area contributed by atoms with E-state index in [1.807, 2.05) is 12.4 Å². The van der Waals surface area contributed by atoms with Gasteiger partial charge in [-0.1, -0.05) is 0 Å². The summed E-state index contributed by atoms with van der Waals surface area (Å²) >= 11 is 0. The van der Waals surface area contributed by atoms with Gasteiger partial charge in [0, 0.05) is 44.4 Å². The molecule has 3 unspecified atom stereocenters. The molecular formula is C13H21N3O. The molecule has 0 saturated carbocycles. The van der Waals surface area contributed by atoms with Gasteiger partial charge in [0.15, 0.2) is 0 Å². The first-order chi connectivity index (χ1) is 8.21. The molecule has 2 bridgehead atoms. The van der Waals surface area contributed by atoms with Gasteiger partial charge in [-0.2, -0.15) is 0 Å². The van der Waals surface area contributed by atoms with Gasteiger partial charge in [0.05, 0.1) is 5.60 Å². The van der Waals surface area contributed by atoms with Crippen LogP contribution in [-0.2, 0) is 13.0 Å². The molecule has 2 aliphatic rings. The molecule has 0 radical (unpaired) electrons. The minimum atomic E-state index is -0.523. The van der Waals surface area contributed by atoms with Crippen LogP contribution in [0.5, 0.6) is 0 Å². The second kappa shape index (κ2) is 4.10. The maximum absolute atomic E-state index is 10.9. The lowest BCUT2D eigenvalue weighted by Gasteiger charge is -2.38. The second-order valence-corrected chi connectivity index (χ2v) is 5.45. The van der Waals surface area contributed by atoms with Crippen molar-refractivity contribution in [2.45, 2.75) is 38.3 Å². The van der Waals surface area contributed by atoms with Gasteiger partial charge in [-0.3, -0.25) is 0 Å². The van der Waals surface area contributed by atoms with Crippen molar-refractivity contribution in [1.82, 2.24) is 14.5 Å². The Kier molecular flexibility index (Phi) is 2.71. The van der Waals surface area contributed by atoms with Crippen LogP contribution in [-0.4, -0.2) is 44.8 Å². The highest BCUT2D eigenvalue weighted by Crippen LogP contribution is 2.37. The van der Waals surface area contributed by atoms with Crippen LogP contribution in [0.25, 0.3) is 0 Å². The fourth-order valence-electron chi connectivity index (χ4n) is 3.33. The molecule has 4 nitrogen and oxygen atoms in total. The van der Waals surface area contributed by atoms with Crippen LogP contribution >= 0.6 is 0 Å². The molecule has 0 spiro atoms. The summed E-state index contributed by atoms with van der Waals surface area (Å²) in [6.45, 7) is 6.33. The van der Waals surface area contributed by atoms with Crippen LogP contribution in [0.15, 0.2) is 12.4 Å². The molecule has 1 N–H and O–H groups in total. The standard InChI is InChI=1S/C13H21N3O/c1-2-16-8-5-14-12(16)9-13(17)4-7-15-6-3-11(13)10-15/h5,8,11,17H,2-4,6-7,9-10H2,1H3. The molecule has 2 saturated heterocycles. The Morgan fingerprint density at radius 2 is 2.41 bits per heavy atom. The summed E-state index contributed by atoms with van der Waals surface area (Å²) in [5.74, 6) is 1.48. The first-order valence-electron chi connectivity index (χ1n) is 6.66. The van der Waals surface area contributed by atoms with Gasteiger partial charge in [-0.15, -0.1) is 0 Å². The SMILES string of the molecule is CCn1ccnc1CC1(O)CCN2CCC1C2. The van der Waals surface area contributed by atoms with Crippen molar-refractivity contribution in [3.05, 3.63) is 18.2 Å². The Morgan fingerprint density at radius 1 is 1.53 bits per heavy atom. The lowest BCUT2D eigenvalue weighted by atomic mass is 9.79. The fourth-order valence-corrected chi connectivity index (χ4v) is 3.33. The zero-order chi connectivity index (χ0) is 11.9. The van der Waals surface area contributed by atoms with Gasteiger partial charge >= 0.3 is 0 Å². The Bertz CT molecular complexity index is 403. The summed E-state index contributed by atoms with van der Waals surface area (Å²) in [6.07, 6.45) is 6.60. The number of aryl methyl sites for hydroxylation is 1. The van der Waals surface area contributed by atoms with Crippen LogP contribution in [0.2, 0.25) is 0 Å². The maximum atomic E-state index is 10.9. The molecule has 1 aromatic heterocycles. The summed E-state index contributed by atoms with van der Waals surface area (Å²) in [5.41, 5.74) is -0.523. The van der Waals surface area contributed by atoms with Crippen molar-refractivity contribution >= 4 is 0 Å². The summed E-state index contributed by atoms with van der Waals surface area (Å²) < 4.78 is 2.14. The Morgan fingerprint density at radius 3 is 3.24 bits per heavy atom. The monoisotopic (exact) mass is 235 g/mol. The highest BCUT2D eigenvalue weighted by atomic mass is 16.3. The average Bonchev–Trinajstić information content (AvgIpc) is 2.92. The van der Waals surface area contributed by atoms with Crippen molar-refractivity contribution in [3.63, 3.8) is 0 Å². The minimum Gasteiger partial charge on any atom is -0.389 e. The molecule has 3 rings (SSSR count). The normalized spacial score (nSPS) is 36.4. The van der Waals surface area contributed by atoms with E-state index >= 15 is 0 Å². The predicted octanol–water partition coefficient (Wildman–Crippen LogP) is 0.902. The van der Waals surface area contributed by atoms with E-state index in [9.17, 15) is 5.11 Å². The van der Waals surface area contributed by atoms with Crippen LogP contribution in [0.4, 0.5) is 0 Å². The molecule has 94 valence electrons. The van der Waals surface area contributed by atoms with E-state index in [0.717, 1.165) is 44.8 Å². The van der Waals surface area contributed by atoms with E-state index in [0.29, 0.717) is 12.3 Å². The lowest BCUT2D eigenvalue weighted by Crippen LogP contribution is -2.48. The molecular weight excluding hydrogens is 214 g/mol. The fraction of sp³-hybridized carbons (Fsp3) is 0.769. The van der Waals surface area contributed by atoms with E-state index in [1.54, 1.807) is 0 Å². The first-order valence-corrected chi connectivity index (χ1v) is 6.66. The van der Waals surface area contributed by atoms with Crippen molar-refractivity contribution in [3.8, 4) is 0 Å². The van der Waals surface area contributed by atoms with Crippen molar-refractivity contribution < 1.29 is 5.11 Å². The van der Waals surface area contributed by atoms with Gasteiger partial charge in [0.25, 0.3) is 0 Å².